The van der Waals surface area contributed by atoms with Crippen LogP contribution in [0, 0.1) is 0 Å². The van der Waals surface area contributed by atoms with Crippen LogP contribution in [-0.2, 0) is 4.79 Å². The van der Waals surface area contributed by atoms with Crippen LogP contribution in [0.15, 0.2) is 0 Å². The molecule has 1 aliphatic heterocycles. The molecule has 1 saturated heterocycles. The maximum atomic E-state index is 12.1. The molecule has 1 aliphatic carbocycles. The molecular weight excluding hydrogens is 202 g/mol. The Balaban J connectivity index is 1.85. The zero-order valence-electron chi connectivity index (χ0n) is 10.0. The molecule has 92 valence electrons. The number of nitrogens with zero attached hydrogens (tertiary/aromatic N) is 1. The van der Waals surface area contributed by atoms with Crippen molar-refractivity contribution in [2.45, 2.75) is 56.9 Å². The third-order valence-electron chi connectivity index (χ3n) is 3.81. The van der Waals surface area contributed by atoms with E-state index >= 15 is 0 Å². The number of carbonyl (C=O) groups excluding carboxylic acids is 1. The summed E-state index contributed by atoms with van der Waals surface area (Å²) in [6.07, 6.45) is 8.71. The lowest BCUT2D eigenvalue weighted by molar-refractivity contribution is -0.133. The average Bonchev–Trinajstić information content (AvgIpc) is 2.31. The molecule has 0 aromatic rings. The van der Waals surface area contributed by atoms with E-state index in [0.29, 0.717) is 0 Å². The van der Waals surface area contributed by atoms with Crippen molar-refractivity contribution in [3.05, 3.63) is 0 Å². The van der Waals surface area contributed by atoms with Gasteiger partial charge in [0.15, 0.2) is 0 Å². The molecular formula is C12H23N3O. The van der Waals surface area contributed by atoms with Gasteiger partial charge in [0.2, 0.25) is 0 Å². The van der Waals surface area contributed by atoms with E-state index in [2.05, 4.69) is 5.43 Å². The molecule has 0 spiro atoms. The van der Waals surface area contributed by atoms with Gasteiger partial charge in [0.1, 0.15) is 0 Å². The number of rotatable bonds is 2. The summed E-state index contributed by atoms with van der Waals surface area (Å²) < 4.78 is 0. The summed E-state index contributed by atoms with van der Waals surface area (Å²) in [6, 6.07) is 0. The standard InChI is InChI=1S/C12H23N3O/c13-12(7-3-1-4-8-12)11(16)14-15-9-5-2-6-10-15/h1-10,13H2,(H,14,16). The van der Waals surface area contributed by atoms with Gasteiger partial charge in [-0.05, 0) is 25.7 Å². The van der Waals surface area contributed by atoms with Crippen LogP contribution in [0.4, 0.5) is 0 Å². The van der Waals surface area contributed by atoms with Crippen molar-refractivity contribution in [2.24, 2.45) is 5.73 Å². The molecule has 1 saturated carbocycles. The van der Waals surface area contributed by atoms with Crippen LogP contribution in [0.1, 0.15) is 51.4 Å². The quantitative estimate of drug-likeness (QED) is 0.741. The fraction of sp³-hybridized carbons (Fsp3) is 0.917. The van der Waals surface area contributed by atoms with Crippen LogP contribution >= 0.6 is 0 Å². The Hall–Kier alpha value is -0.610. The number of piperidine rings is 1. The lowest BCUT2D eigenvalue weighted by atomic mass is 9.82. The summed E-state index contributed by atoms with van der Waals surface area (Å²) in [6.45, 7) is 1.95. The van der Waals surface area contributed by atoms with Gasteiger partial charge in [0.25, 0.3) is 5.91 Å². The first-order valence-corrected chi connectivity index (χ1v) is 6.56. The van der Waals surface area contributed by atoms with Gasteiger partial charge in [-0.3, -0.25) is 10.2 Å². The van der Waals surface area contributed by atoms with E-state index in [4.69, 9.17) is 5.73 Å². The van der Waals surface area contributed by atoms with Crippen molar-refractivity contribution in [1.82, 2.24) is 10.4 Å². The zero-order chi connectivity index (χ0) is 11.4. The van der Waals surface area contributed by atoms with Crippen LogP contribution in [0.2, 0.25) is 0 Å². The average molecular weight is 225 g/mol. The van der Waals surface area contributed by atoms with Crippen molar-refractivity contribution in [1.29, 1.82) is 0 Å². The Morgan fingerprint density at radius 2 is 1.56 bits per heavy atom. The predicted octanol–water partition coefficient (Wildman–Crippen LogP) is 1.17. The lowest BCUT2D eigenvalue weighted by Crippen LogP contribution is -2.59. The van der Waals surface area contributed by atoms with Gasteiger partial charge >= 0.3 is 0 Å². The minimum atomic E-state index is -0.601. The van der Waals surface area contributed by atoms with Crippen molar-refractivity contribution in [3.8, 4) is 0 Å². The van der Waals surface area contributed by atoms with E-state index in [1.807, 2.05) is 5.01 Å². The second-order valence-corrected chi connectivity index (χ2v) is 5.21. The van der Waals surface area contributed by atoms with Gasteiger partial charge in [-0.2, -0.15) is 0 Å². The number of nitrogens with two attached hydrogens (primary N) is 1. The van der Waals surface area contributed by atoms with Gasteiger partial charge in [0.05, 0.1) is 5.54 Å². The van der Waals surface area contributed by atoms with Crippen molar-refractivity contribution in [3.63, 3.8) is 0 Å². The highest BCUT2D eigenvalue weighted by molar-refractivity contribution is 5.85. The van der Waals surface area contributed by atoms with Gasteiger partial charge in [-0.25, -0.2) is 5.01 Å². The number of hydrazine groups is 1. The van der Waals surface area contributed by atoms with Crippen molar-refractivity contribution >= 4 is 5.91 Å². The molecule has 4 heteroatoms. The van der Waals surface area contributed by atoms with Gasteiger partial charge in [-0.1, -0.05) is 25.7 Å². The predicted molar refractivity (Wildman–Crippen MR) is 63.6 cm³/mol. The number of hydrogen-bond donors (Lipinski definition) is 2. The van der Waals surface area contributed by atoms with Crippen LogP contribution in [0.25, 0.3) is 0 Å². The van der Waals surface area contributed by atoms with Crippen LogP contribution < -0.4 is 11.2 Å². The second kappa shape index (κ2) is 5.15. The molecule has 0 atom stereocenters. The van der Waals surface area contributed by atoms with E-state index in [0.717, 1.165) is 38.8 Å². The monoisotopic (exact) mass is 225 g/mol. The molecule has 4 nitrogen and oxygen atoms in total. The molecule has 0 bridgehead atoms. The first-order valence-electron chi connectivity index (χ1n) is 6.56. The molecule has 3 N–H and O–H groups in total. The molecule has 0 aromatic carbocycles. The SMILES string of the molecule is NC1(C(=O)NN2CCCCC2)CCCCC1. The summed E-state index contributed by atoms with van der Waals surface area (Å²) in [5.41, 5.74) is 8.58. The minimum absolute atomic E-state index is 0.0362. The number of amides is 1. The largest absolute Gasteiger partial charge is 0.317 e. The Morgan fingerprint density at radius 3 is 2.19 bits per heavy atom. The molecule has 2 rings (SSSR count). The first-order chi connectivity index (χ1) is 7.71. The minimum Gasteiger partial charge on any atom is -0.317 e. The third-order valence-corrected chi connectivity index (χ3v) is 3.81. The number of carbonyl (C=O) groups is 1. The first kappa shape index (κ1) is 11.9. The zero-order valence-corrected chi connectivity index (χ0v) is 10.0. The Labute approximate surface area is 97.5 Å². The second-order valence-electron chi connectivity index (χ2n) is 5.21. The summed E-state index contributed by atoms with van der Waals surface area (Å²) in [4.78, 5) is 12.1. The normalized spacial score (nSPS) is 26.3. The summed E-state index contributed by atoms with van der Waals surface area (Å²) in [5.74, 6) is 0.0362. The summed E-state index contributed by atoms with van der Waals surface area (Å²) >= 11 is 0. The maximum Gasteiger partial charge on any atom is 0.254 e. The Bertz CT molecular complexity index is 243. The summed E-state index contributed by atoms with van der Waals surface area (Å²) in [5, 5.41) is 2.04. The van der Waals surface area contributed by atoms with Crippen molar-refractivity contribution < 1.29 is 4.79 Å². The molecule has 0 unspecified atom stereocenters. The van der Waals surface area contributed by atoms with E-state index in [9.17, 15) is 4.79 Å². The molecule has 1 amide bonds. The molecule has 2 aliphatic rings. The van der Waals surface area contributed by atoms with Gasteiger partial charge in [0, 0.05) is 13.1 Å². The van der Waals surface area contributed by atoms with E-state index < -0.39 is 5.54 Å². The maximum absolute atomic E-state index is 12.1. The van der Waals surface area contributed by atoms with Gasteiger partial charge < -0.3 is 5.73 Å². The smallest absolute Gasteiger partial charge is 0.254 e. The Morgan fingerprint density at radius 1 is 1.00 bits per heavy atom. The highest BCUT2D eigenvalue weighted by Crippen LogP contribution is 2.26. The Kier molecular flexibility index (Phi) is 3.82. The summed E-state index contributed by atoms with van der Waals surface area (Å²) in [7, 11) is 0. The number of hydrogen-bond acceptors (Lipinski definition) is 3. The lowest BCUT2D eigenvalue weighted by Gasteiger charge is -2.35. The van der Waals surface area contributed by atoms with Crippen LogP contribution in [0.5, 0.6) is 0 Å². The van der Waals surface area contributed by atoms with Gasteiger partial charge in [-0.15, -0.1) is 0 Å². The van der Waals surface area contributed by atoms with E-state index in [1.165, 1.54) is 25.7 Å². The molecule has 0 aromatic heterocycles. The highest BCUT2D eigenvalue weighted by Gasteiger charge is 2.36. The molecule has 0 radical (unpaired) electrons. The third kappa shape index (κ3) is 2.74. The van der Waals surface area contributed by atoms with E-state index in [1.54, 1.807) is 0 Å². The van der Waals surface area contributed by atoms with Crippen LogP contribution in [-0.4, -0.2) is 29.5 Å². The topological polar surface area (TPSA) is 58.4 Å². The molecule has 2 fully saturated rings. The van der Waals surface area contributed by atoms with Crippen molar-refractivity contribution in [2.75, 3.05) is 13.1 Å². The fourth-order valence-electron chi connectivity index (χ4n) is 2.67. The highest BCUT2D eigenvalue weighted by atomic mass is 16.2. The van der Waals surface area contributed by atoms with Crippen LogP contribution in [0.3, 0.4) is 0 Å². The number of nitrogens with one attached hydrogen (secondary N) is 1. The molecule has 1 heterocycles. The van der Waals surface area contributed by atoms with E-state index in [-0.39, 0.29) is 5.91 Å². The fourth-order valence-corrected chi connectivity index (χ4v) is 2.67. The molecule has 16 heavy (non-hydrogen) atoms.